The summed E-state index contributed by atoms with van der Waals surface area (Å²) in [5.41, 5.74) is 3.73. The van der Waals surface area contributed by atoms with Crippen molar-refractivity contribution in [3.05, 3.63) is 59.7 Å². The third-order valence-electron chi connectivity index (χ3n) is 2.93. The molecular weight excluding hydrogens is 254 g/mol. The van der Waals surface area contributed by atoms with Gasteiger partial charge in [0.05, 0.1) is 0 Å². The number of rotatable bonds is 4. The van der Waals surface area contributed by atoms with E-state index in [1.807, 2.05) is 43.3 Å². The third-order valence-corrected chi connectivity index (χ3v) is 2.93. The molecule has 0 saturated heterocycles. The first-order chi connectivity index (χ1) is 9.56. The summed E-state index contributed by atoms with van der Waals surface area (Å²) in [6, 6.07) is 15.2. The van der Waals surface area contributed by atoms with Crippen LogP contribution >= 0.6 is 0 Å². The van der Waals surface area contributed by atoms with Gasteiger partial charge in [-0.25, -0.2) is 0 Å². The Morgan fingerprint density at radius 1 is 0.950 bits per heavy atom. The second kappa shape index (κ2) is 6.02. The molecule has 102 valence electrons. The van der Waals surface area contributed by atoms with E-state index in [0.29, 0.717) is 5.56 Å². The maximum absolute atomic E-state index is 11.7. The number of amides is 1. The summed E-state index contributed by atoms with van der Waals surface area (Å²) in [5.74, 6) is -1.45. The molecule has 4 nitrogen and oxygen atoms in total. The highest BCUT2D eigenvalue weighted by Gasteiger charge is 2.07. The van der Waals surface area contributed by atoms with Gasteiger partial charge >= 0.3 is 5.97 Å². The summed E-state index contributed by atoms with van der Waals surface area (Å²) in [6.07, 6.45) is 0. The van der Waals surface area contributed by atoms with E-state index in [4.69, 9.17) is 5.11 Å². The summed E-state index contributed by atoms with van der Waals surface area (Å²) in [6.45, 7) is 1.65. The summed E-state index contributed by atoms with van der Waals surface area (Å²) in [7, 11) is 0. The van der Waals surface area contributed by atoms with Crippen molar-refractivity contribution in [2.24, 2.45) is 0 Å². The van der Waals surface area contributed by atoms with Gasteiger partial charge in [-0.15, -0.1) is 0 Å². The molecule has 0 saturated carbocycles. The van der Waals surface area contributed by atoms with Gasteiger partial charge in [0.1, 0.15) is 6.54 Å². The van der Waals surface area contributed by atoms with E-state index in [1.54, 1.807) is 12.1 Å². The average molecular weight is 269 g/mol. The fourth-order valence-corrected chi connectivity index (χ4v) is 1.82. The minimum absolute atomic E-state index is 0.376. The fourth-order valence-electron chi connectivity index (χ4n) is 1.82. The normalized spacial score (nSPS) is 10.1. The number of carbonyl (C=O) groups is 2. The maximum atomic E-state index is 11.7. The SMILES string of the molecule is Cc1ccc(-c2ccc(C(=O)NCC(=O)O)cc2)cc1. The van der Waals surface area contributed by atoms with Crippen LogP contribution in [0.5, 0.6) is 0 Å². The van der Waals surface area contributed by atoms with Crippen LogP contribution in [0.2, 0.25) is 0 Å². The average Bonchev–Trinajstić information content (AvgIpc) is 2.46. The number of carboxylic acid groups (broad SMARTS) is 1. The van der Waals surface area contributed by atoms with Gasteiger partial charge in [0.2, 0.25) is 0 Å². The summed E-state index contributed by atoms with van der Waals surface area (Å²) >= 11 is 0. The van der Waals surface area contributed by atoms with Crippen molar-refractivity contribution < 1.29 is 14.7 Å². The molecule has 0 spiro atoms. The molecule has 0 aliphatic rings. The Hall–Kier alpha value is -2.62. The molecule has 0 bridgehead atoms. The van der Waals surface area contributed by atoms with Crippen molar-refractivity contribution in [1.29, 1.82) is 0 Å². The number of hydrogen-bond acceptors (Lipinski definition) is 2. The van der Waals surface area contributed by atoms with E-state index in [2.05, 4.69) is 5.32 Å². The molecule has 0 aliphatic carbocycles. The topological polar surface area (TPSA) is 66.4 Å². The Morgan fingerprint density at radius 3 is 1.95 bits per heavy atom. The van der Waals surface area contributed by atoms with Gasteiger partial charge in [0, 0.05) is 5.56 Å². The Morgan fingerprint density at radius 2 is 1.45 bits per heavy atom. The predicted molar refractivity (Wildman–Crippen MR) is 76.6 cm³/mol. The van der Waals surface area contributed by atoms with Crippen molar-refractivity contribution in [1.82, 2.24) is 5.32 Å². The molecule has 2 aromatic rings. The van der Waals surface area contributed by atoms with Gasteiger partial charge in [-0.1, -0.05) is 42.0 Å². The molecule has 0 heterocycles. The Labute approximate surface area is 117 Å². The first-order valence-electron chi connectivity index (χ1n) is 6.23. The lowest BCUT2D eigenvalue weighted by molar-refractivity contribution is -0.135. The van der Waals surface area contributed by atoms with E-state index in [1.165, 1.54) is 5.56 Å². The maximum Gasteiger partial charge on any atom is 0.322 e. The van der Waals surface area contributed by atoms with Gasteiger partial charge in [-0.05, 0) is 30.2 Å². The Kier molecular flexibility index (Phi) is 4.15. The molecule has 0 radical (unpaired) electrons. The number of hydrogen-bond donors (Lipinski definition) is 2. The molecule has 2 aromatic carbocycles. The zero-order chi connectivity index (χ0) is 14.5. The molecule has 0 atom stereocenters. The number of carbonyl (C=O) groups excluding carboxylic acids is 1. The van der Waals surface area contributed by atoms with Gasteiger partial charge in [-0.3, -0.25) is 9.59 Å². The second-order valence-electron chi connectivity index (χ2n) is 4.52. The molecule has 0 aromatic heterocycles. The predicted octanol–water partition coefficient (Wildman–Crippen LogP) is 2.48. The van der Waals surface area contributed by atoms with Gasteiger partial charge in [-0.2, -0.15) is 0 Å². The van der Waals surface area contributed by atoms with Crippen LogP contribution < -0.4 is 5.32 Å². The quantitative estimate of drug-likeness (QED) is 0.896. The minimum atomic E-state index is -1.06. The molecule has 4 heteroatoms. The van der Waals surface area contributed by atoms with Crippen molar-refractivity contribution in [2.45, 2.75) is 6.92 Å². The number of aliphatic carboxylic acids is 1. The number of carboxylic acids is 1. The van der Waals surface area contributed by atoms with Crippen molar-refractivity contribution in [3.8, 4) is 11.1 Å². The van der Waals surface area contributed by atoms with Crippen LogP contribution in [0.15, 0.2) is 48.5 Å². The largest absolute Gasteiger partial charge is 0.480 e. The lowest BCUT2D eigenvalue weighted by Gasteiger charge is -2.05. The van der Waals surface area contributed by atoms with Crippen LogP contribution in [0, 0.1) is 6.92 Å². The van der Waals surface area contributed by atoms with Crippen molar-refractivity contribution >= 4 is 11.9 Å². The van der Waals surface area contributed by atoms with E-state index >= 15 is 0 Å². The fraction of sp³-hybridized carbons (Fsp3) is 0.125. The summed E-state index contributed by atoms with van der Waals surface area (Å²) in [5, 5.41) is 10.8. The molecule has 1 amide bonds. The van der Waals surface area contributed by atoms with Crippen LogP contribution in [0.3, 0.4) is 0 Å². The Balaban J connectivity index is 2.11. The minimum Gasteiger partial charge on any atom is -0.480 e. The zero-order valence-electron chi connectivity index (χ0n) is 11.1. The summed E-state index contributed by atoms with van der Waals surface area (Å²) < 4.78 is 0. The molecule has 0 unspecified atom stereocenters. The summed E-state index contributed by atoms with van der Waals surface area (Å²) in [4.78, 5) is 22.1. The number of benzene rings is 2. The third kappa shape index (κ3) is 3.45. The van der Waals surface area contributed by atoms with E-state index < -0.39 is 5.97 Å². The smallest absolute Gasteiger partial charge is 0.322 e. The molecule has 0 aliphatic heterocycles. The first kappa shape index (κ1) is 13.8. The highest BCUT2D eigenvalue weighted by molar-refractivity contribution is 5.96. The van der Waals surface area contributed by atoms with Crippen molar-refractivity contribution in [3.63, 3.8) is 0 Å². The van der Waals surface area contributed by atoms with Crippen molar-refractivity contribution in [2.75, 3.05) is 6.54 Å². The van der Waals surface area contributed by atoms with E-state index in [0.717, 1.165) is 11.1 Å². The molecule has 2 rings (SSSR count). The molecule has 2 N–H and O–H groups in total. The lowest BCUT2D eigenvalue weighted by atomic mass is 10.0. The molecular formula is C16H15NO3. The van der Waals surface area contributed by atoms with Crippen LogP contribution in [0.25, 0.3) is 11.1 Å². The van der Waals surface area contributed by atoms with Gasteiger partial charge in [0.25, 0.3) is 5.91 Å². The van der Waals surface area contributed by atoms with Crippen LogP contribution in [0.1, 0.15) is 15.9 Å². The highest BCUT2D eigenvalue weighted by atomic mass is 16.4. The Bertz CT molecular complexity index is 615. The van der Waals surface area contributed by atoms with E-state index in [-0.39, 0.29) is 12.5 Å². The van der Waals surface area contributed by atoms with Crippen LogP contribution in [-0.2, 0) is 4.79 Å². The standard InChI is InChI=1S/C16H15NO3/c1-11-2-4-12(5-3-11)13-6-8-14(9-7-13)16(20)17-10-15(18)19/h2-9H,10H2,1H3,(H,17,20)(H,18,19). The molecule has 0 fully saturated rings. The van der Waals surface area contributed by atoms with Gasteiger partial charge in [0.15, 0.2) is 0 Å². The number of aryl methyl sites for hydroxylation is 1. The van der Waals surface area contributed by atoms with E-state index in [9.17, 15) is 9.59 Å². The zero-order valence-corrected chi connectivity index (χ0v) is 11.1. The first-order valence-corrected chi connectivity index (χ1v) is 6.23. The highest BCUT2D eigenvalue weighted by Crippen LogP contribution is 2.20. The molecule has 20 heavy (non-hydrogen) atoms. The monoisotopic (exact) mass is 269 g/mol. The second-order valence-corrected chi connectivity index (χ2v) is 4.52. The van der Waals surface area contributed by atoms with Crippen LogP contribution in [-0.4, -0.2) is 23.5 Å². The lowest BCUT2D eigenvalue weighted by Crippen LogP contribution is -2.29. The number of nitrogens with one attached hydrogen (secondary N) is 1. The van der Waals surface area contributed by atoms with Crippen LogP contribution in [0.4, 0.5) is 0 Å². The van der Waals surface area contributed by atoms with Gasteiger partial charge < -0.3 is 10.4 Å².